The van der Waals surface area contributed by atoms with Crippen molar-refractivity contribution in [3.63, 3.8) is 0 Å². The highest BCUT2D eigenvalue weighted by molar-refractivity contribution is 9.10. The first-order chi connectivity index (χ1) is 10.1. The molecule has 0 aliphatic rings. The summed E-state index contributed by atoms with van der Waals surface area (Å²) in [5.74, 6) is 0.111. The molecule has 6 heteroatoms. The molecule has 1 heterocycles. The Morgan fingerprint density at radius 3 is 2.52 bits per heavy atom. The number of nitrogens with zero attached hydrogens (tertiary/aromatic N) is 1. The molecule has 2 aromatic rings. The summed E-state index contributed by atoms with van der Waals surface area (Å²) in [5, 5.41) is 5.35. The number of carbonyl (C=O) groups is 2. The molecule has 0 saturated carbocycles. The van der Waals surface area contributed by atoms with Crippen LogP contribution in [0, 0.1) is 0 Å². The van der Waals surface area contributed by atoms with Gasteiger partial charge in [0.05, 0.1) is 0 Å². The Labute approximate surface area is 130 Å². The second-order valence-corrected chi connectivity index (χ2v) is 5.19. The van der Waals surface area contributed by atoms with Crippen molar-refractivity contribution < 1.29 is 9.59 Å². The minimum Gasteiger partial charge on any atom is -0.352 e. The third kappa shape index (κ3) is 5.00. The van der Waals surface area contributed by atoms with E-state index < -0.39 is 0 Å². The number of carbonyl (C=O) groups excluding carboxylic acids is 2. The highest BCUT2D eigenvalue weighted by atomic mass is 79.9. The van der Waals surface area contributed by atoms with E-state index in [0.29, 0.717) is 11.4 Å². The average Bonchev–Trinajstić information content (AvgIpc) is 2.49. The number of hydrogen-bond donors (Lipinski definition) is 2. The number of amides is 2. The summed E-state index contributed by atoms with van der Waals surface area (Å²) in [4.78, 5) is 27.5. The number of pyridine rings is 1. The predicted molar refractivity (Wildman–Crippen MR) is 84.0 cm³/mol. The van der Waals surface area contributed by atoms with Crippen LogP contribution in [0.15, 0.2) is 53.1 Å². The van der Waals surface area contributed by atoms with Gasteiger partial charge < -0.3 is 10.6 Å². The van der Waals surface area contributed by atoms with Crippen molar-refractivity contribution in [3.05, 3.63) is 58.7 Å². The molecule has 1 aromatic heterocycles. The van der Waals surface area contributed by atoms with Crippen LogP contribution in [0.2, 0.25) is 0 Å². The summed E-state index contributed by atoms with van der Waals surface area (Å²) in [6.07, 6.45) is 1.80. The van der Waals surface area contributed by atoms with Crippen molar-refractivity contribution in [2.45, 2.75) is 6.42 Å². The van der Waals surface area contributed by atoms with Crippen molar-refractivity contribution in [1.29, 1.82) is 0 Å². The first-order valence-corrected chi connectivity index (χ1v) is 7.19. The van der Waals surface area contributed by atoms with Crippen LogP contribution in [0.4, 0.5) is 5.82 Å². The van der Waals surface area contributed by atoms with Gasteiger partial charge in [0.15, 0.2) is 0 Å². The lowest BCUT2D eigenvalue weighted by Crippen LogP contribution is -2.27. The number of rotatable bonds is 5. The zero-order chi connectivity index (χ0) is 15.1. The van der Waals surface area contributed by atoms with Crippen molar-refractivity contribution >= 4 is 33.6 Å². The quantitative estimate of drug-likeness (QED) is 0.873. The van der Waals surface area contributed by atoms with E-state index in [0.717, 1.165) is 4.47 Å². The van der Waals surface area contributed by atoms with E-state index in [1.807, 2.05) is 0 Å². The molecule has 2 rings (SSSR count). The number of anilines is 1. The highest BCUT2D eigenvalue weighted by Gasteiger charge is 2.07. The van der Waals surface area contributed by atoms with Crippen LogP contribution in [-0.2, 0) is 4.79 Å². The van der Waals surface area contributed by atoms with Gasteiger partial charge in [0.1, 0.15) is 5.82 Å². The molecule has 21 heavy (non-hydrogen) atoms. The standard InChI is InChI=1S/C15H14BrN3O2/c16-12-6-4-11(5-7-12)15(21)18-10-8-14(20)19-13-3-1-2-9-17-13/h1-7,9H,8,10H2,(H,18,21)(H,17,19,20). The fourth-order valence-electron chi connectivity index (χ4n) is 1.63. The minimum atomic E-state index is -0.201. The molecule has 0 bridgehead atoms. The lowest BCUT2D eigenvalue weighted by Gasteiger charge is -2.06. The van der Waals surface area contributed by atoms with E-state index >= 15 is 0 Å². The summed E-state index contributed by atoms with van der Waals surface area (Å²) >= 11 is 3.31. The second-order valence-electron chi connectivity index (χ2n) is 4.28. The maximum absolute atomic E-state index is 11.8. The molecule has 0 radical (unpaired) electrons. The Kier molecular flexibility index (Phi) is 5.45. The van der Waals surface area contributed by atoms with E-state index in [-0.39, 0.29) is 24.8 Å². The van der Waals surface area contributed by atoms with Crippen LogP contribution in [0.1, 0.15) is 16.8 Å². The van der Waals surface area contributed by atoms with Crippen molar-refractivity contribution in [2.75, 3.05) is 11.9 Å². The van der Waals surface area contributed by atoms with Gasteiger partial charge in [0.2, 0.25) is 5.91 Å². The Hall–Kier alpha value is -2.21. The molecule has 0 aliphatic carbocycles. The van der Waals surface area contributed by atoms with Gasteiger partial charge in [-0.05, 0) is 36.4 Å². The van der Waals surface area contributed by atoms with Crippen LogP contribution in [0.25, 0.3) is 0 Å². The molecule has 0 saturated heterocycles. The minimum absolute atomic E-state index is 0.190. The van der Waals surface area contributed by atoms with E-state index in [1.165, 1.54) is 0 Å². The lowest BCUT2D eigenvalue weighted by molar-refractivity contribution is -0.116. The zero-order valence-electron chi connectivity index (χ0n) is 11.2. The fraction of sp³-hybridized carbons (Fsp3) is 0.133. The molecule has 1 aromatic carbocycles. The Bertz CT molecular complexity index is 615. The van der Waals surface area contributed by atoms with Crippen LogP contribution < -0.4 is 10.6 Å². The van der Waals surface area contributed by atoms with E-state index in [2.05, 4.69) is 31.5 Å². The van der Waals surface area contributed by atoms with Gasteiger partial charge in [-0.15, -0.1) is 0 Å². The van der Waals surface area contributed by atoms with Gasteiger partial charge in [-0.1, -0.05) is 22.0 Å². The van der Waals surface area contributed by atoms with Gasteiger partial charge in [-0.2, -0.15) is 0 Å². The molecule has 2 amide bonds. The average molecular weight is 348 g/mol. The van der Waals surface area contributed by atoms with Gasteiger partial charge >= 0.3 is 0 Å². The molecule has 0 atom stereocenters. The predicted octanol–water partition coefficient (Wildman–Crippen LogP) is 2.60. The molecular formula is C15H14BrN3O2. The Balaban J connectivity index is 1.75. The number of aromatic nitrogens is 1. The third-order valence-corrected chi connectivity index (χ3v) is 3.21. The largest absolute Gasteiger partial charge is 0.352 e. The monoisotopic (exact) mass is 347 g/mol. The Morgan fingerprint density at radius 1 is 1.10 bits per heavy atom. The first-order valence-electron chi connectivity index (χ1n) is 6.40. The summed E-state index contributed by atoms with van der Waals surface area (Å²) in [5.41, 5.74) is 0.559. The molecule has 0 unspecified atom stereocenters. The number of nitrogens with one attached hydrogen (secondary N) is 2. The van der Waals surface area contributed by atoms with E-state index in [9.17, 15) is 9.59 Å². The third-order valence-electron chi connectivity index (χ3n) is 2.68. The zero-order valence-corrected chi connectivity index (χ0v) is 12.8. The number of hydrogen-bond acceptors (Lipinski definition) is 3. The normalized spacial score (nSPS) is 9.95. The summed E-state index contributed by atoms with van der Waals surface area (Å²) in [7, 11) is 0. The van der Waals surface area contributed by atoms with E-state index in [4.69, 9.17) is 0 Å². The van der Waals surface area contributed by atoms with Crippen LogP contribution in [0.5, 0.6) is 0 Å². The number of halogens is 1. The van der Waals surface area contributed by atoms with Gasteiger partial charge in [-0.25, -0.2) is 4.98 Å². The molecule has 0 fully saturated rings. The molecule has 0 aliphatic heterocycles. The smallest absolute Gasteiger partial charge is 0.251 e. The lowest BCUT2D eigenvalue weighted by atomic mass is 10.2. The molecule has 2 N–H and O–H groups in total. The maximum atomic E-state index is 11.8. The molecule has 108 valence electrons. The van der Waals surface area contributed by atoms with E-state index in [1.54, 1.807) is 48.7 Å². The number of benzene rings is 1. The summed E-state index contributed by atoms with van der Waals surface area (Å²) in [6.45, 7) is 0.271. The van der Waals surface area contributed by atoms with Crippen molar-refractivity contribution in [2.24, 2.45) is 0 Å². The maximum Gasteiger partial charge on any atom is 0.251 e. The first kappa shape index (κ1) is 15.2. The summed E-state index contributed by atoms with van der Waals surface area (Å²) < 4.78 is 0.911. The van der Waals surface area contributed by atoms with Crippen molar-refractivity contribution in [3.8, 4) is 0 Å². The second kappa shape index (κ2) is 7.54. The Morgan fingerprint density at radius 2 is 1.86 bits per heavy atom. The van der Waals surface area contributed by atoms with Gasteiger partial charge in [0, 0.05) is 29.2 Å². The van der Waals surface area contributed by atoms with Gasteiger partial charge in [-0.3, -0.25) is 9.59 Å². The fourth-order valence-corrected chi connectivity index (χ4v) is 1.90. The SMILES string of the molecule is O=C(CCNC(=O)c1ccc(Br)cc1)Nc1ccccn1. The molecular weight excluding hydrogens is 334 g/mol. The van der Waals surface area contributed by atoms with Crippen LogP contribution in [0.3, 0.4) is 0 Å². The molecule has 0 spiro atoms. The highest BCUT2D eigenvalue weighted by Crippen LogP contribution is 2.10. The van der Waals surface area contributed by atoms with Gasteiger partial charge in [0.25, 0.3) is 5.91 Å². The molecule has 5 nitrogen and oxygen atoms in total. The van der Waals surface area contributed by atoms with Crippen molar-refractivity contribution in [1.82, 2.24) is 10.3 Å². The summed E-state index contributed by atoms with van der Waals surface area (Å²) in [6, 6.07) is 12.3. The topological polar surface area (TPSA) is 71.1 Å². The van der Waals surface area contributed by atoms with Crippen LogP contribution >= 0.6 is 15.9 Å². The van der Waals surface area contributed by atoms with Crippen LogP contribution in [-0.4, -0.2) is 23.3 Å².